The van der Waals surface area contributed by atoms with Gasteiger partial charge in [-0.15, -0.1) is 11.8 Å². The average Bonchev–Trinajstić information content (AvgIpc) is 2.74. The summed E-state index contributed by atoms with van der Waals surface area (Å²) in [6.45, 7) is 0. The predicted octanol–water partition coefficient (Wildman–Crippen LogP) is 2.72. The van der Waals surface area contributed by atoms with Crippen LogP contribution in [0.15, 0.2) is 35.5 Å². The number of halogens is 1. The van der Waals surface area contributed by atoms with Crippen LogP contribution in [-0.4, -0.2) is 9.78 Å². The molecule has 2 aromatic rings. The summed E-state index contributed by atoms with van der Waals surface area (Å²) in [5, 5.41) is 12.8. The van der Waals surface area contributed by atoms with E-state index in [0.717, 1.165) is 10.5 Å². The van der Waals surface area contributed by atoms with Gasteiger partial charge < -0.3 is 0 Å². The second-order valence-corrected chi connectivity index (χ2v) is 4.61. The van der Waals surface area contributed by atoms with Gasteiger partial charge in [-0.25, -0.2) is 4.39 Å². The number of thioether (sulfide) groups is 1. The summed E-state index contributed by atoms with van der Waals surface area (Å²) in [5.74, 6) is 0.225. The molecule has 0 atom stereocenters. The first-order valence-corrected chi connectivity index (χ1v) is 5.97. The van der Waals surface area contributed by atoms with Crippen molar-refractivity contribution < 1.29 is 4.39 Å². The fourth-order valence-electron chi connectivity index (χ4n) is 1.39. The summed E-state index contributed by atoms with van der Waals surface area (Å²) in [5.41, 5.74) is 1.02. The number of rotatable bonds is 3. The van der Waals surface area contributed by atoms with E-state index in [1.807, 2.05) is 19.3 Å². The zero-order valence-electron chi connectivity index (χ0n) is 9.22. The van der Waals surface area contributed by atoms with Crippen LogP contribution in [0.1, 0.15) is 11.1 Å². The van der Waals surface area contributed by atoms with Crippen LogP contribution in [0, 0.1) is 17.1 Å². The van der Waals surface area contributed by atoms with Crippen molar-refractivity contribution in [3.8, 4) is 6.07 Å². The molecule has 0 radical (unpaired) electrons. The molecule has 0 amide bonds. The fraction of sp³-hybridized carbons (Fsp3) is 0.167. The van der Waals surface area contributed by atoms with E-state index in [0.29, 0.717) is 5.75 Å². The molecule has 86 valence electrons. The Morgan fingerprint density at radius 3 is 3.00 bits per heavy atom. The molecule has 0 fully saturated rings. The molecule has 0 bridgehead atoms. The maximum absolute atomic E-state index is 13.1. The monoisotopic (exact) mass is 247 g/mol. The summed E-state index contributed by atoms with van der Waals surface area (Å²) in [6, 6.07) is 6.44. The first kappa shape index (κ1) is 11.7. The Morgan fingerprint density at radius 2 is 2.35 bits per heavy atom. The number of aryl methyl sites for hydroxylation is 1. The van der Waals surface area contributed by atoms with Crippen LogP contribution < -0.4 is 0 Å². The smallest absolute Gasteiger partial charge is 0.140 e. The van der Waals surface area contributed by atoms with E-state index >= 15 is 0 Å². The van der Waals surface area contributed by atoms with E-state index in [4.69, 9.17) is 5.26 Å². The van der Waals surface area contributed by atoms with Gasteiger partial charge in [-0.3, -0.25) is 4.68 Å². The van der Waals surface area contributed by atoms with Crippen LogP contribution in [0.4, 0.5) is 4.39 Å². The van der Waals surface area contributed by atoms with Gasteiger partial charge in [0, 0.05) is 23.9 Å². The van der Waals surface area contributed by atoms with Crippen molar-refractivity contribution in [1.29, 1.82) is 5.26 Å². The van der Waals surface area contributed by atoms with E-state index < -0.39 is 5.82 Å². The van der Waals surface area contributed by atoms with E-state index in [1.165, 1.54) is 6.07 Å². The maximum atomic E-state index is 13.1. The third-order valence-electron chi connectivity index (χ3n) is 2.24. The molecule has 0 saturated heterocycles. The van der Waals surface area contributed by atoms with Crippen molar-refractivity contribution >= 4 is 11.8 Å². The van der Waals surface area contributed by atoms with E-state index in [-0.39, 0.29) is 5.56 Å². The fourth-order valence-corrected chi connectivity index (χ4v) is 2.25. The molecule has 0 aliphatic rings. The normalized spacial score (nSPS) is 10.2. The highest BCUT2D eigenvalue weighted by molar-refractivity contribution is 7.98. The lowest BCUT2D eigenvalue weighted by molar-refractivity contribution is 0.623. The van der Waals surface area contributed by atoms with Crippen LogP contribution in [0.25, 0.3) is 0 Å². The molecule has 0 aliphatic heterocycles. The molecule has 1 aromatic heterocycles. The molecule has 0 saturated carbocycles. The molecular weight excluding hydrogens is 237 g/mol. The summed E-state index contributed by atoms with van der Waals surface area (Å²) in [4.78, 5) is 1.05. The van der Waals surface area contributed by atoms with Gasteiger partial charge in [-0.1, -0.05) is 6.07 Å². The molecular formula is C12H10FN3S. The topological polar surface area (TPSA) is 41.6 Å². The lowest BCUT2D eigenvalue weighted by Crippen LogP contribution is -1.87. The van der Waals surface area contributed by atoms with E-state index in [1.54, 1.807) is 34.8 Å². The molecule has 1 aromatic carbocycles. The third kappa shape index (κ3) is 2.86. The Kier molecular flexibility index (Phi) is 3.45. The minimum absolute atomic E-state index is 0.0919. The number of benzene rings is 1. The van der Waals surface area contributed by atoms with E-state index in [9.17, 15) is 4.39 Å². The lowest BCUT2D eigenvalue weighted by Gasteiger charge is -2.01. The minimum Gasteiger partial charge on any atom is -0.275 e. The zero-order chi connectivity index (χ0) is 12.3. The highest BCUT2D eigenvalue weighted by Crippen LogP contribution is 2.22. The second kappa shape index (κ2) is 5.02. The minimum atomic E-state index is -0.470. The van der Waals surface area contributed by atoms with Gasteiger partial charge in [0.2, 0.25) is 0 Å². The zero-order valence-corrected chi connectivity index (χ0v) is 10.0. The highest BCUT2D eigenvalue weighted by atomic mass is 32.2. The number of nitriles is 1. The van der Waals surface area contributed by atoms with Crippen LogP contribution >= 0.6 is 11.8 Å². The van der Waals surface area contributed by atoms with Crippen molar-refractivity contribution in [3.63, 3.8) is 0 Å². The quantitative estimate of drug-likeness (QED) is 0.783. The van der Waals surface area contributed by atoms with Crippen LogP contribution in [0.2, 0.25) is 0 Å². The van der Waals surface area contributed by atoms with Gasteiger partial charge >= 0.3 is 0 Å². The first-order chi connectivity index (χ1) is 8.19. The van der Waals surface area contributed by atoms with Crippen molar-refractivity contribution in [2.75, 3.05) is 0 Å². The summed E-state index contributed by atoms with van der Waals surface area (Å²) in [7, 11) is 1.86. The Hall–Kier alpha value is -1.80. The Balaban J connectivity index is 2.07. The highest BCUT2D eigenvalue weighted by Gasteiger charge is 2.04. The SMILES string of the molecule is Cn1cc(SCc2ccc(F)c(C#N)c2)cn1. The van der Waals surface area contributed by atoms with Gasteiger partial charge in [0.05, 0.1) is 11.8 Å². The molecule has 2 rings (SSSR count). The molecule has 0 aliphatic carbocycles. The van der Waals surface area contributed by atoms with Crippen LogP contribution in [0.5, 0.6) is 0 Å². The van der Waals surface area contributed by atoms with Gasteiger partial charge in [-0.05, 0) is 17.7 Å². The summed E-state index contributed by atoms with van der Waals surface area (Å²) >= 11 is 1.60. The molecule has 17 heavy (non-hydrogen) atoms. The molecule has 1 heterocycles. The van der Waals surface area contributed by atoms with Gasteiger partial charge in [-0.2, -0.15) is 10.4 Å². The maximum Gasteiger partial charge on any atom is 0.140 e. The Labute approximate surface area is 103 Å². The van der Waals surface area contributed by atoms with Crippen LogP contribution in [0.3, 0.4) is 0 Å². The molecule has 0 spiro atoms. The third-order valence-corrected chi connectivity index (χ3v) is 3.26. The summed E-state index contributed by atoms with van der Waals surface area (Å²) < 4.78 is 14.8. The van der Waals surface area contributed by atoms with Gasteiger partial charge in [0.1, 0.15) is 11.9 Å². The number of aromatic nitrogens is 2. The van der Waals surface area contributed by atoms with Crippen LogP contribution in [-0.2, 0) is 12.8 Å². The van der Waals surface area contributed by atoms with E-state index in [2.05, 4.69) is 5.10 Å². The average molecular weight is 247 g/mol. The number of hydrogen-bond donors (Lipinski definition) is 0. The van der Waals surface area contributed by atoms with Crippen molar-refractivity contribution in [3.05, 3.63) is 47.5 Å². The van der Waals surface area contributed by atoms with Crippen molar-refractivity contribution in [1.82, 2.24) is 9.78 Å². The summed E-state index contributed by atoms with van der Waals surface area (Å²) in [6.07, 6.45) is 3.69. The molecule has 0 N–H and O–H groups in total. The predicted molar refractivity (Wildman–Crippen MR) is 63.9 cm³/mol. The molecule has 5 heteroatoms. The van der Waals surface area contributed by atoms with Gasteiger partial charge in [0.15, 0.2) is 0 Å². The molecule has 0 unspecified atom stereocenters. The second-order valence-electron chi connectivity index (χ2n) is 3.56. The number of hydrogen-bond acceptors (Lipinski definition) is 3. The Bertz CT molecular complexity index is 571. The first-order valence-electron chi connectivity index (χ1n) is 4.99. The van der Waals surface area contributed by atoms with Gasteiger partial charge in [0.25, 0.3) is 0 Å². The standard InChI is InChI=1S/C12H10FN3S/c1-16-7-11(6-15-16)17-8-9-2-3-12(13)10(4-9)5-14/h2-4,6-7H,8H2,1H3. The number of nitrogens with zero attached hydrogens (tertiary/aromatic N) is 3. The largest absolute Gasteiger partial charge is 0.275 e. The van der Waals surface area contributed by atoms with Crippen molar-refractivity contribution in [2.24, 2.45) is 7.05 Å². The van der Waals surface area contributed by atoms with Crippen molar-refractivity contribution in [2.45, 2.75) is 10.6 Å². The Morgan fingerprint density at radius 1 is 1.53 bits per heavy atom. The molecule has 3 nitrogen and oxygen atoms in total. The lowest BCUT2D eigenvalue weighted by atomic mass is 10.1.